The van der Waals surface area contributed by atoms with Crippen molar-refractivity contribution >= 4 is 41.0 Å². The Morgan fingerprint density at radius 3 is 1.86 bits per heavy atom. The van der Waals surface area contributed by atoms with E-state index in [0.29, 0.717) is 10.7 Å². The highest BCUT2D eigenvalue weighted by Crippen LogP contribution is 2.61. The summed E-state index contributed by atoms with van der Waals surface area (Å²) < 4.78 is 5.19. The lowest BCUT2D eigenvalue weighted by Gasteiger charge is -2.45. The van der Waals surface area contributed by atoms with Crippen molar-refractivity contribution in [3.63, 3.8) is 0 Å². The number of hydrogen-bond acceptors (Lipinski definition) is 5. The molecule has 3 aromatic rings. The molecule has 0 saturated carbocycles. The van der Waals surface area contributed by atoms with Crippen LogP contribution in [0.25, 0.3) is 0 Å². The number of halogens is 1. The number of esters is 1. The first-order valence-electron chi connectivity index (χ1n) is 12.1. The molecular formula is C29H23ClN2O5. The average Bonchev–Trinajstić information content (AvgIpc) is 3.17. The second-order valence-corrected chi connectivity index (χ2v) is 10.1. The van der Waals surface area contributed by atoms with Crippen molar-refractivity contribution in [1.29, 1.82) is 0 Å². The summed E-state index contributed by atoms with van der Waals surface area (Å²) in [6.45, 7) is 0.910. The van der Waals surface area contributed by atoms with Crippen LogP contribution in [0.1, 0.15) is 41.0 Å². The largest absolute Gasteiger partial charge is 0.454 e. The van der Waals surface area contributed by atoms with Gasteiger partial charge in [-0.15, -0.1) is 0 Å². The highest BCUT2D eigenvalue weighted by atomic mass is 35.5. The van der Waals surface area contributed by atoms with E-state index in [2.05, 4.69) is 5.32 Å². The number of carbonyl (C=O) groups excluding carboxylic acids is 4. The molecule has 0 spiro atoms. The SMILES string of the molecule is C[C@H](C(=O)OCC(=O)Nc1cccc(Cl)c1)N1C(=O)[C@@H]2C3c4ccccc4C(c4ccccc43)[C@H]2C1=O. The first-order valence-corrected chi connectivity index (χ1v) is 12.5. The fourth-order valence-electron chi connectivity index (χ4n) is 6.21. The van der Waals surface area contributed by atoms with E-state index in [4.69, 9.17) is 16.3 Å². The Hall–Kier alpha value is -3.97. The topological polar surface area (TPSA) is 92.8 Å². The van der Waals surface area contributed by atoms with Crippen LogP contribution in [0.5, 0.6) is 0 Å². The molecule has 3 amide bonds. The van der Waals surface area contributed by atoms with Gasteiger partial charge >= 0.3 is 5.97 Å². The van der Waals surface area contributed by atoms with Crippen LogP contribution in [0.2, 0.25) is 5.02 Å². The molecule has 3 atom stereocenters. The number of ether oxygens (including phenoxy) is 1. The monoisotopic (exact) mass is 514 g/mol. The maximum absolute atomic E-state index is 13.7. The molecule has 1 heterocycles. The Kier molecular flexibility index (Phi) is 5.60. The van der Waals surface area contributed by atoms with Gasteiger partial charge in [-0.1, -0.05) is 66.2 Å². The third kappa shape index (κ3) is 3.64. The predicted octanol–water partition coefficient (Wildman–Crippen LogP) is 4.10. The molecule has 1 aliphatic heterocycles. The number of amides is 3. The molecule has 7 rings (SSSR count). The van der Waals surface area contributed by atoms with E-state index >= 15 is 0 Å². The zero-order valence-corrected chi connectivity index (χ0v) is 20.6. The molecular weight excluding hydrogens is 492 g/mol. The van der Waals surface area contributed by atoms with Gasteiger partial charge in [0.15, 0.2) is 6.61 Å². The number of hydrogen-bond donors (Lipinski definition) is 1. The maximum Gasteiger partial charge on any atom is 0.329 e. The summed E-state index contributed by atoms with van der Waals surface area (Å²) in [4.78, 5) is 53.6. The van der Waals surface area contributed by atoms with Crippen LogP contribution in [0.3, 0.4) is 0 Å². The Morgan fingerprint density at radius 2 is 1.38 bits per heavy atom. The smallest absolute Gasteiger partial charge is 0.329 e. The van der Waals surface area contributed by atoms with Crippen molar-refractivity contribution in [2.45, 2.75) is 24.8 Å². The van der Waals surface area contributed by atoms with Crippen LogP contribution in [-0.2, 0) is 23.9 Å². The lowest BCUT2D eigenvalue weighted by molar-refractivity contribution is -0.159. The van der Waals surface area contributed by atoms with Crippen molar-refractivity contribution in [1.82, 2.24) is 4.90 Å². The van der Waals surface area contributed by atoms with E-state index in [0.717, 1.165) is 27.2 Å². The lowest BCUT2D eigenvalue weighted by atomic mass is 9.55. The van der Waals surface area contributed by atoms with Crippen LogP contribution in [0.4, 0.5) is 5.69 Å². The molecule has 7 nitrogen and oxygen atoms in total. The Labute approximate surface area is 218 Å². The zero-order chi connectivity index (χ0) is 25.8. The molecule has 3 aromatic carbocycles. The lowest BCUT2D eigenvalue weighted by Crippen LogP contribution is -2.45. The molecule has 8 heteroatoms. The van der Waals surface area contributed by atoms with Crippen molar-refractivity contribution in [3.05, 3.63) is 100 Å². The number of nitrogens with zero attached hydrogens (tertiary/aromatic N) is 1. The second-order valence-electron chi connectivity index (χ2n) is 9.65. The summed E-state index contributed by atoms with van der Waals surface area (Å²) in [5.41, 5.74) is 4.70. The molecule has 37 heavy (non-hydrogen) atoms. The van der Waals surface area contributed by atoms with E-state index in [9.17, 15) is 19.2 Å². The minimum absolute atomic E-state index is 0.254. The van der Waals surface area contributed by atoms with Gasteiger partial charge < -0.3 is 10.1 Å². The zero-order valence-electron chi connectivity index (χ0n) is 19.9. The van der Waals surface area contributed by atoms with Crippen molar-refractivity contribution in [2.75, 3.05) is 11.9 Å². The number of carbonyl (C=O) groups is 4. The summed E-state index contributed by atoms with van der Waals surface area (Å²) in [5, 5.41) is 3.05. The second kappa shape index (κ2) is 8.85. The summed E-state index contributed by atoms with van der Waals surface area (Å²) in [6, 6.07) is 21.3. The molecule has 0 unspecified atom stereocenters. The third-order valence-electron chi connectivity index (χ3n) is 7.66. The van der Waals surface area contributed by atoms with Crippen molar-refractivity contribution in [3.8, 4) is 0 Å². The van der Waals surface area contributed by atoms with Crippen LogP contribution < -0.4 is 5.32 Å². The van der Waals surface area contributed by atoms with Gasteiger partial charge in [0.05, 0.1) is 11.8 Å². The minimum atomic E-state index is -1.16. The van der Waals surface area contributed by atoms with Gasteiger partial charge in [0.2, 0.25) is 11.8 Å². The van der Waals surface area contributed by atoms with E-state index < -0.39 is 36.4 Å². The minimum Gasteiger partial charge on any atom is -0.454 e. The van der Waals surface area contributed by atoms with E-state index in [1.807, 2.05) is 48.5 Å². The van der Waals surface area contributed by atoms with Gasteiger partial charge in [0.1, 0.15) is 6.04 Å². The van der Waals surface area contributed by atoms with Gasteiger partial charge in [-0.3, -0.25) is 19.3 Å². The summed E-state index contributed by atoms with van der Waals surface area (Å²) in [5.74, 6) is -3.79. The molecule has 1 fully saturated rings. The highest BCUT2D eigenvalue weighted by Gasteiger charge is 2.62. The number of imide groups is 1. The predicted molar refractivity (Wildman–Crippen MR) is 136 cm³/mol. The molecule has 1 N–H and O–H groups in total. The van der Waals surface area contributed by atoms with Gasteiger partial charge in [-0.2, -0.15) is 0 Å². The van der Waals surface area contributed by atoms with Crippen molar-refractivity contribution in [2.24, 2.45) is 11.8 Å². The first-order chi connectivity index (χ1) is 17.9. The molecule has 186 valence electrons. The fraction of sp³-hybridized carbons (Fsp3) is 0.241. The van der Waals surface area contributed by atoms with Crippen LogP contribution in [0, 0.1) is 11.8 Å². The standard InChI is InChI=1S/C29H23ClN2O5/c1-15(29(36)37-14-22(33)31-17-8-6-7-16(30)13-17)32-27(34)25-23-18-9-2-3-10-19(18)24(26(25)28(32)35)21-12-5-4-11-20(21)23/h2-13,15,23-26H,14H2,1H3,(H,31,33)/t15-,23?,24?,25-,26-/m1/s1. The Bertz CT molecular complexity index is 1350. The first kappa shape index (κ1) is 23.4. The summed E-state index contributed by atoms with van der Waals surface area (Å²) in [6.07, 6.45) is 0. The van der Waals surface area contributed by atoms with Crippen LogP contribution >= 0.6 is 11.6 Å². The van der Waals surface area contributed by atoms with E-state index in [-0.39, 0.29) is 23.7 Å². The number of nitrogens with one attached hydrogen (secondary N) is 1. The molecule has 2 bridgehead atoms. The van der Waals surface area contributed by atoms with Crippen molar-refractivity contribution < 1.29 is 23.9 Å². The maximum atomic E-state index is 13.7. The Balaban J connectivity index is 1.22. The van der Waals surface area contributed by atoms with Gasteiger partial charge in [-0.05, 0) is 47.4 Å². The molecule has 0 radical (unpaired) electrons. The number of likely N-dealkylation sites (tertiary alicyclic amines) is 1. The fourth-order valence-corrected chi connectivity index (χ4v) is 6.40. The van der Waals surface area contributed by atoms with E-state index in [1.54, 1.807) is 24.3 Å². The van der Waals surface area contributed by atoms with Gasteiger partial charge in [-0.25, -0.2) is 4.79 Å². The quantitative estimate of drug-likeness (QED) is 0.409. The van der Waals surface area contributed by atoms with Gasteiger partial charge in [0, 0.05) is 22.5 Å². The molecule has 0 aromatic heterocycles. The molecule has 3 aliphatic carbocycles. The normalized spacial score (nSPS) is 23.7. The summed E-state index contributed by atoms with van der Waals surface area (Å²) >= 11 is 5.93. The highest BCUT2D eigenvalue weighted by molar-refractivity contribution is 6.30. The van der Waals surface area contributed by atoms with Crippen LogP contribution in [0.15, 0.2) is 72.8 Å². The van der Waals surface area contributed by atoms with Gasteiger partial charge in [0.25, 0.3) is 5.91 Å². The summed E-state index contributed by atoms with van der Waals surface area (Å²) in [7, 11) is 0. The average molecular weight is 515 g/mol. The third-order valence-corrected chi connectivity index (χ3v) is 7.90. The Morgan fingerprint density at radius 1 is 0.865 bits per heavy atom. The van der Waals surface area contributed by atoms with Crippen LogP contribution in [-0.4, -0.2) is 41.2 Å². The van der Waals surface area contributed by atoms with E-state index in [1.165, 1.54) is 6.92 Å². The molecule has 4 aliphatic rings. The number of rotatable bonds is 5. The number of anilines is 1. The molecule has 1 saturated heterocycles. The number of benzene rings is 3.